The molecule has 110 valence electrons. The van der Waals surface area contributed by atoms with Crippen molar-refractivity contribution in [2.45, 2.75) is 6.92 Å². The summed E-state index contributed by atoms with van der Waals surface area (Å²) >= 11 is 0. The molecular formula is C14H15FN4O2. The Morgan fingerprint density at radius 1 is 1.19 bits per heavy atom. The summed E-state index contributed by atoms with van der Waals surface area (Å²) < 4.78 is 13.0. The lowest BCUT2D eigenvalue weighted by atomic mass is 10.1. The first-order valence-electron chi connectivity index (χ1n) is 6.40. The van der Waals surface area contributed by atoms with Crippen molar-refractivity contribution in [3.8, 4) is 0 Å². The third-order valence-electron chi connectivity index (χ3n) is 2.87. The van der Waals surface area contributed by atoms with E-state index in [2.05, 4.69) is 20.8 Å². The van der Waals surface area contributed by atoms with Crippen LogP contribution in [0.15, 0.2) is 30.5 Å². The van der Waals surface area contributed by atoms with Gasteiger partial charge in [-0.05, 0) is 36.8 Å². The van der Waals surface area contributed by atoms with E-state index in [1.807, 2.05) is 0 Å². The Labute approximate surface area is 120 Å². The standard InChI is InChI=1S/C14H15FN4O2/c1-9-8-10(15)2-3-11(9)13(20)16-6-7-17-14(21)12-4-5-18-19-12/h2-5,8H,6-7H2,1H3,(H,16,20)(H,17,21)(H,18,19). The topological polar surface area (TPSA) is 86.9 Å². The van der Waals surface area contributed by atoms with Gasteiger partial charge in [0.15, 0.2) is 0 Å². The van der Waals surface area contributed by atoms with Gasteiger partial charge in [-0.2, -0.15) is 5.10 Å². The van der Waals surface area contributed by atoms with Crippen LogP contribution >= 0.6 is 0 Å². The smallest absolute Gasteiger partial charge is 0.269 e. The molecule has 0 aliphatic carbocycles. The van der Waals surface area contributed by atoms with Gasteiger partial charge in [-0.25, -0.2) is 4.39 Å². The fourth-order valence-electron chi connectivity index (χ4n) is 1.81. The number of aromatic nitrogens is 2. The van der Waals surface area contributed by atoms with E-state index < -0.39 is 0 Å². The summed E-state index contributed by atoms with van der Waals surface area (Å²) in [7, 11) is 0. The largest absolute Gasteiger partial charge is 0.350 e. The Morgan fingerprint density at radius 3 is 2.52 bits per heavy atom. The number of H-pyrrole nitrogens is 1. The lowest BCUT2D eigenvalue weighted by molar-refractivity contribution is 0.0924. The maximum Gasteiger partial charge on any atom is 0.269 e. The van der Waals surface area contributed by atoms with E-state index in [1.165, 1.54) is 24.4 Å². The number of hydrogen-bond acceptors (Lipinski definition) is 3. The van der Waals surface area contributed by atoms with Crippen LogP contribution < -0.4 is 10.6 Å². The number of nitrogens with one attached hydrogen (secondary N) is 3. The summed E-state index contributed by atoms with van der Waals surface area (Å²) in [5.74, 6) is -0.973. The zero-order valence-electron chi connectivity index (χ0n) is 11.4. The maximum absolute atomic E-state index is 13.0. The Bertz CT molecular complexity index is 640. The van der Waals surface area contributed by atoms with Crippen molar-refractivity contribution in [1.82, 2.24) is 20.8 Å². The number of nitrogens with zero attached hydrogens (tertiary/aromatic N) is 1. The van der Waals surface area contributed by atoms with Crippen molar-refractivity contribution in [2.75, 3.05) is 13.1 Å². The second kappa shape index (κ2) is 6.65. The number of rotatable bonds is 5. The van der Waals surface area contributed by atoms with Gasteiger partial charge in [0.2, 0.25) is 0 Å². The summed E-state index contributed by atoms with van der Waals surface area (Å²) in [6.07, 6.45) is 1.48. The minimum atomic E-state index is -0.379. The van der Waals surface area contributed by atoms with E-state index in [9.17, 15) is 14.0 Å². The zero-order valence-corrected chi connectivity index (χ0v) is 11.4. The number of halogens is 1. The quantitative estimate of drug-likeness (QED) is 0.718. The van der Waals surface area contributed by atoms with Gasteiger partial charge in [0.25, 0.3) is 11.8 Å². The van der Waals surface area contributed by atoms with Crippen LogP contribution in [0.2, 0.25) is 0 Å². The minimum Gasteiger partial charge on any atom is -0.350 e. The number of carbonyl (C=O) groups excluding carboxylic acids is 2. The molecule has 0 fully saturated rings. The first-order chi connectivity index (χ1) is 10.1. The Kier molecular flexibility index (Phi) is 4.65. The Hall–Kier alpha value is -2.70. The average molecular weight is 290 g/mol. The molecule has 0 radical (unpaired) electrons. The number of carbonyl (C=O) groups is 2. The van der Waals surface area contributed by atoms with Crippen LogP contribution in [0.5, 0.6) is 0 Å². The van der Waals surface area contributed by atoms with Crippen LogP contribution in [0, 0.1) is 12.7 Å². The molecule has 21 heavy (non-hydrogen) atoms. The normalized spacial score (nSPS) is 10.2. The average Bonchev–Trinajstić information content (AvgIpc) is 2.97. The van der Waals surface area contributed by atoms with E-state index in [4.69, 9.17) is 0 Å². The van der Waals surface area contributed by atoms with Gasteiger partial charge < -0.3 is 10.6 Å². The molecule has 0 aliphatic rings. The lowest BCUT2D eigenvalue weighted by Gasteiger charge is -2.08. The van der Waals surface area contributed by atoms with Crippen molar-refractivity contribution in [2.24, 2.45) is 0 Å². The highest BCUT2D eigenvalue weighted by atomic mass is 19.1. The van der Waals surface area contributed by atoms with Gasteiger partial charge in [-0.1, -0.05) is 0 Å². The molecule has 0 saturated heterocycles. The zero-order chi connectivity index (χ0) is 15.2. The van der Waals surface area contributed by atoms with E-state index >= 15 is 0 Å². The van der Waals surface area contributed by atoms with Crippen molar-refractivity contribution in [3.05, 3.63) is 53.1 Å². The van der Waals surface area contributed by atoms with Crippen molar-refractivity contribution < 1.29 is 14.0 Å². The van der Waals surface area contributed by atoms with Gasteiger partial charge in [0.1, 0.15) is 11.5 Å². The van der Waals surface area contributed by atoms with Gasteiger partial charge in [-0.15, -0.1) is 0 Å². The Morgan fingerprint density at radius 2 is 1.90 bits per heavy atom. The molecule has 2 amide bonds. The van der Waals surface area contributed by atoms with Gasteiger partial charge >= 0.3 is 0 Å². The maximum atomic E-state index is 13.0. The SMILES string of the molecule is Cc1cc(F)ccc1C(=O)NCCNC(=O)c1ccn[nH]1. The first kappa shape index (κ1) is 14.7. The molecule has 1 heterocycles. The van der Waals surface area contributed by atoms with E-state index in [-0.39, 0.29) is 30.7 Å². The summed E-state index contributed by atoms with van der Waals surface area (Å²) in [6.45, 7) is 2.22. The molecule has 7 heteroatoms. The predicted molar refractivity (Wildman–Crippen MR) is 74.4 cm³/mol. The molecule has 0 aliphatic heterocycles. The van der Waals surface area contributed by atoms with Crippen LogP contribution in [0.3, 0.4) is 0 Å². The van der Waals surface area contributed by atoms with Gasteiger partial charge in [0.05, 0.1) is 0 Å². The van der Waals surface area contributed by atoms with Crippen molar-refractivity contribution in [3.63, 3.8) is 0 Å². The summed E-state index contributed by atoms with van der Waals surface area (Å²) in [6, 6.07) is 5.52. The number of hydrogen-bond donors (Lipinski definition) is 3. The van der Waals surface area contributed by atoms with Gasteiger partial charge in [-0.3, -0.25) is 14.7 Å². The highest BCUT2D eigenvalue weighted by Gasteiger charge is 2.09. The van der Waals surface area contributed by atoms with Crippen LogP contribution in [0.1, 0.15) is 26.4 Å². The number of aryl methyl sites for hydroxylation is 1. The molecule has 0 atom stereocenters. The van der Waals surface area contributed by atoms with Crippen LogP contribution in [0.4, 0.5) is 4.39 Å². The molecule has 2 rings (SSSR count). The molecule has 0 bridgehead atoms. The number of amides is 2. The molecular weight excluding hydrogens is 275 g/mol. The second-order valence-electron chi connectivity index (χ2n) is 4.44. The molecule has 1 aromatic carbocycles. The Balaban J connectivity index is 1.78. The fourth-order valence-corrected chi connectivity index (χ4v) is 1.81. The lowest BCUT2D eigenvalue weighted by Crippen LogP contribution is -2.35. The predicted octanol–water partition coefficient (Wildman–Crippen LogP) is 1.02. The third kappa shape index (κ3) is 3.88. The van der Waals surface area contributed by atoms with Crippen LogP contribution in [-0.4, -0.2) is 35.1 Å². The molecule has 0 spiro atoms. The van der Waals surface area contributed by atoms with Crippen molar-refractivity contribution in [1.29, 1.82) is 0 Å². The molecule has 0 unspecified atom stereocenters. The van der Waals surface area contributed by atoms with E-state index in [0.717, 1.165) is 0 Å². The molecule has 1 aromatic heterocycles. The van der Waals surface area contributed by atoms with Crippen molar-refractivity contribution >= 4 is 11.8 Å². The molecule has 6 nitrogen and oxygen atoms in total. The number of benzene rings is 1. The highest BCUT2D eigenvalue weighted by molar-refractivity contribution is 5.95. The van der Waals surface area contributed by atoms with Gasteiger partial charge in [0, 0.05) is 24.8 Å². The molecule has 2 aromatic rings. The monoisotopic (exact) mass is 290 g/mol. The number of aromatic amines is 1. The first-order valence-corrected chi connectivity index (χ1v) is 6.40. The molecule has 3 N–H and O–H groups in total. The van der Waals surface area contributed by atoms with Crippen LogP contribution in [-0.2, 0) is 0 Å². The summed E-state index contributed by atoms with van der Waals surface area (Å²) in [5, 5.41) is 11.5. The second-order valence-corrected chi connectivity index (χ2v) is 4.44. The van der Waals surface area contributed by atoms with E-state index in [1.54, 1.807) is 13.0 Å². The summed E-state index contributed by atoms with van der Waals surface area (Å²) in [5.41, 5.74) is 1.33. The summed E-state index contributed by atoms with van der Waals surface area (Å²) in [4.78, 5) is 23.5. The molecule has 0 saturated carbocycles. The third-order valence-corrected chi connectivity index (χ3v) is 2.87. The minimum absolute atomic E-state index is 0.273. The van der Waals surface area contributed by atoms with Crippen LogP contribution in [0.25, 0.3) is 0 Å². The van der Waals surface area contributed by atoms with E-state index in [0.29, 0.717) is 16.8 Å². The fraction of sp³-hybridized carbons (Fsp3) is 0.214. The highest BCUT2D eigenvalue weighted by Crippen LogP contribution is 2.09.